The Morgan fingerprint density at radius 3 is 2.74 bits per heavy atom. The first-order chi connectivity index (χ1) is 12.8. The summed E-state index contributed by atoms with van der Waals surface area (Å²) in [5.41, 5.74) is 3.75. The minimum absolute atomic E-state index is 0.0355. The van der Waals surface area contributed by atoms with Crippen molar-refractivity contribution in [1.29, 1.82) is 0 Å². The lowest BCUT2D eigenvalue weighted by Gasteiger charge is -2.24. The Morgan fingerprint density at radius 2 is 2.04 bits per heavy atom. The Bertz CT molecular complexity index is 774. The van der Waals surface area contributed by atoms with Gasteiger partial charge in [0.1, 0.15) is 12.4 Å². The largest absolute Gasteiger partial charge is 0.492 e. The number of fused-ring (bicyclic) bond motifs is 1. The van der Waals surface area contributed by atoms with Crippen molar-refractivity contribution in [2.45, 2.75) is 51.5 Å². The first kappa shape index (κ1) is 19.3. The second-order valence-electron chi connectivity index (χ2n) is 8.14. The average molecular weight is 370 g/mol. The highest BCUT2D eigenvalue weighted by Crippen LogP contribution is 2.29. The number of hydrogen-bond acceptors (Lipinski definition) is 3. The van der Waals surface area contributed by atoms with Gasteiger partial charge in [-0.15, -0.1) is 0 Å². The van der Waals surface area contributed by atoms with E-state index in [1.54, 1.807) is 0 Å². The molecular formula is C21H30N4O2. The van der Waals surface area contributed by atoms with Crippen molar-refractivity contribution in [3.05, 3.63) is 47.3 Å². The first-order valence-corrected chi connectivity index (χ1v) is 9.63. The molecule has 146 valence electrons. The van der Waals surface area contributed by atoms with Gasteiger partial charge < -0.3 is 15.4 Å². The van der Waals surface area contributed by atoms with Crippen LogP contribution in [0.2, 0.25) is 0 Å². The van der Waals surface area contributed by atoms with Crippen molar-refractivity contribution in [1.82, 2.24) is 20.4 Å². The van der Waals surface area contributed by atoms with E-state index in [1.807, 2.05) is 30.1 Å². The van der Waals surface area contributed by atoms with E-state index in [9.17, 15) is 4.79 Å². The van der Waals surface area contributed by atoms with Crippen molar-refractivity contribution >= 4 is 6.03 Å². The van der Waals surface area contributed by atoms with Gasteiger partial charge >= 0.3 is 6.03 Å². The van der Waals surface area contributed by atoms with E-state index in [2.05, 4.69) is 48.6 Å². The van der Waals surface area contributed by atoms with E-state index in [1.165, 1.54) is 11.3 Å². The third kappa shape index (κ3) is 4.81. The number of hydrogen-bond donors (Lipinski definition) is 2. The molecule has 1 aliphatic rings. The van der Waals surface area contributed by atoms with Gasteiger partial charge in [-0.1, -0.05) is 32.9 Å². The van der Waals surface area contributed by atoms with E-state index >= 15 is 0 Å². The molecule has 0 saturated carbocycles. The summed E-state index contributed by atoms with van der Waals surface area (Å²) in [6.45, 7) is 7.45. The molecule has 1 aliphatic carbocycles. The van der Waals surface area contributed by atoms with Crippen LogP contribution in [0.3, 0.4) is 0 Å². The summed E-state index contributed by atoms with van der Waals surface area (Å²) in [7, 11) is 1.95. The molecule has 2 N–H and O–H groups in total. The molecule has 0 aliphatic heterocycles. The predicted molar refractivity (Wildman–Crippen MR) is 106 cm³/mol. The molecule has 2 amide bonds. The van der Waals surface area contributed by atoms with E-state index in [4.69, 9.17) is 4.74 Å². The Hall–Kier alpha value is -2.50. The van der Waals surface area contributed by atoms with Gasteiger partial charge in [0.25, 0.3) is 0 Å². The molecule has 6 nitrogen and oxygen atoms in total. The number of carbonyl (C=O) groups is 1. The van der Waals surface area contributed by atoms with Crippen molar-refractivity contribution in [3.63, 3.8) is 0 Å². The molecule has 1 aromatic carbocycles. The van der Waals surface area contributed by atoms with Crippen LogP contribution in [0.1, 0.15) is 56.5 Å². The number of aromatic nitrogens is 2. The van der Waals surface area contributed by atoms with Crippen molar-refractivity contribution < 1.29 is 9.53 Å². The Balaban J connectivity index is 1.41. The van der Waals surface area contributed by atoms with Crippen LogP contribution in [-0.2, 0) is 18.9 Å². The normalized spacial score (nSPS) is 16.5. The van der Waals surface area contributed by atoms with Crippen LogP contribution in [0.25, 0.3) is 0 Å². The van der Waals surface area contributed by atoms with Gasteiger partial charge in [0, 0.05) is 18.3 Å². The zero-order valence-electron chi connectivity index (χ0n) is 16.7. The number of nitrogens with zero attached hydrogens (tertiary/aromatic N) is 2. The van der Waals surface area contributed by atoms with Crippen LogP contribution >= 0.6 is 0 Å². The lowest BCUT2D eigenvalue weighted by Crippen LogP contribution is -2.40. The fourth-order valence-corrected chi connectivity index (χ4v) is 3.45. The number of aryl methyl sites for hydroxylation is 1. The molecule has 27 heavy (non-hydrogen) atoms. The van der Waals surface area contributed by atoms with Crippen LogP contribution in [0.4, 0.5) is 4.79 Å². The zero-order chi connectivity index (χ0) is 19.4. The zero-order valence-corrected chi connectivity index (χ0v) is 16.7. The second kappa shape index (κ2) is 8.03. The highest BCUT2D eigenvalue weighted by molar-refractivity contribution is 5.74. The fraction of sp³-hybridized carbons (Fsp3) is 0.524. The predicted octanol–water partition coefficient (Wildman–Crippen LogP) is 3.47. The quantitative estimate of drug-likeness (QED) is 0.792. The summed E-state index contributed by atoms with van der Waals surface area (Å²) in [4.78, 5) is 12.2. The van der Waals surface area contributed by atoms with Crippen LogP contribution < -0.4 is 15.4 Å². The van der Waals surface area contributed by atoms with Crippen LogP contribution in [-0.4, -0.2) is 29.0 Å². The van der Waals surface area contributed by atoms with E-state index in [-0.39, 0.29) is 17.5 Å². The van der Waals surface area contributed by atoms with Gasteiger partial charge in [-0.05, 0) is 42.4 Å². The third-order valence-electron chi connectivity index (χ3n) is 5.06. The number of nitrogens with one attached hydrogen (secondary N) is 2. The smallest absolute Gasteiger partial charge is 0.315 e. The molecule has 1 heterocycles. The van der Waals surface area contributed by atoms with Crippen molar-refractivity contribution in [3.8, 4) is 5.75 Å². The molecule has 2 aromatic rings. The molecule has 1 unspecified atom stereocenters. The summed E-state index contributed by atoms with van der Waals surface area (Å²) < 4.78 is 7.62. The molecule has 1 aromatic heterocycles. The van der Waals surface area contributed by atoms with Crippen LogP contribution in [0, 0.1) is 0 Å². The highest BCUT2D eigenvalue weighted by atomic mass is 16.5. The van der Waals surface area contributed by atoms with Crippen molar-refractivity contribution in [2.75, 3.05) is 13.2 Å². The maximum absolute atomic E-state index is 12.2. The molecule has 0 bridgehead atoms. The molecule has 0 radical (unpaired) electrons. The monoisotopic (exact) mass is 370 g/mol. The summed E-state index contributed by atoms with van der Waals surface area (Å²) >= 11 is 0. The van der Waals surface area contributed by atoms with Crippen LogP contribution in [0.5, 0.6) is 5.75 Å². The van der Waals surface area contributed by atoms with Gasteiger partial charge in [0.15, 0.2) is 0 Å². The molecule has 0 spiro atoms. The number of benzene rings is 1. The lowest BCUT2D eigenvalue weighted by molar-refractivity contribution is 0.231. The summed E-state index contributed by atoms with van der Waals surface area (Å²) in [6.07, 6.45) is 4.89. The van der Waals surface area contributed by atoms with Crippen LogP contribution in [0.15, 0.2) is 30.5 Å². The molecule has 3 rings (SSSR count). The second-order valence-corrected chi connectivity index (χ2v) is 8.14. The first-order valence-electron chi connectivity index (χ1n) is 9.63. The molecule has 1 atom stereocenters. The van der Waals surface area contributed by atoms with Gasteiger partial charge in [0.2, 0.25) is 0 Å². The lowest BCUT2D eigenvalue weighted by atomic mass is 9.87. The topological polar surface area (TPSA) is 68.2 Å². The number of urea groups is 1. The summed E-state index contributed by atoms with van der Waals surface area (Å²) in [6, 6.07) is 8.00. The molecule has 0 fully saturated rings. The minimum Gasteiger partial charge on any atom is -0.492 e. The Morgan fingerprint density at radius 1 is 1.30 bits per heavy atom. The number of amides is 2. The maximum atomic E-state index is 12.2. The Kier molecular flexibility index (Phi) is 5.73. The molecule has 6 heteroatoms. The van der Waals surface area contributed by atoms with Gasteiger partial charge in [-0.25, -0.2) is 4.79 Å². The van der Waals surface area contributed by atoms with Gasteiger partial charge in [-0.2, -0.15) is 5.10 Å². The van der Waals surface area contributed by atoms with E-state index < -0.39 is 0 Å². The summed E-state index contributed by atoms with van der Waals surface area (Å²) in [5.74, 6) is 0.817. The number of carbonyl (C=O) groups excluding carboxylic acids is 1. The third-order valence-corrected chi connectivity index (χ3v) is 5.06. The standard InChI is InChI=1S/C21H30N4O2/c1-21(2,3)15-8-10-16(11-9-15)27-13-12-22-20(26)24-18-6-5-7-19-17(18)14-23-25(19)4/h8-11,14,18H,5-7,12-13H2,1-4H3,(H2,22,24,26). The Labute approximate surface area is 161 Å². The minimum atomic E-state index is -0.164. The number of ether oxygens (including phenoxy) is 1. The SMILES string of the molecule is Cn1ncc2c1CCCC2NC(=O)NCCOc1ccc(C(C)(C)C)cc1. The van der Waals surface area contributed by atoms with Gasteiger partial charge in [-0.3, -0.25) is 4.68 Å². The van der Waals surface area contributed by atoms with Gasteiger partial charge in [0.05, 0.1) is 18.8 Å². The molecular weight excluding hydrogens is 340 g/mol. The number of rotatable bonds is 5. The van der Waals surface area contributed by atoms with E-state index in [0.717, 1.165) is 30.6 Å². The average Bonchev–Trinajstić information content (AvgIpc) is 3.01. The summed E-state index contributed by atoms with van der Waals surface area (Å²) in [5, 5.41) is 10.2. The molecule has 0 saturated heterocycles. The van der Waals surface area contributed by atoms with E-state index in [0.29, 0.717) is 13.2 Å². The van der Waals surface area contributed by atoms with Crippen molar-refractivity contribution in [2.24, 2.45) is 7.05 Å². The maximum Gasteiger partial charge on any atom is 0.315 e. The highest BCUT2D eigenvalue weighted by Gasteiger charge is 2.24. The fourth-order valence-electron chi connectivity index (χ4n) is 3.45.